The number of fused-ring (bicyclic) bond motifs is 1. The van der Waals surface area contributed by atoms with Gasteiger partial charge in [-0.1, -0.05) is 18.2 Å². The Morgan fingerprint density at radius 3 is 2.62 bits per heavy atom. The molecule has 2 aromatic carbocycles. The molecule has 1 atom stereocenters. The summed E-state index contributed by atoms with van der Waals surface area (Å²) >= 11 is 0. The molecule has 6 heteroatoms. The second-order valence-electron chi connectivity index (χ2n) is 7.66. The highest BCUT2D eigenvalue weighted by molar-refractivity contribution is 5.75. The van der Waals surface area contributed by atoms with Gasteiger partial charge < -0.3 is 14.8 Å². The molecule has 0 radical (unpaired) electrons. The molecule has 0 spiro atoms. The van der Waals surface area contributed by atoms with Crippen LogP contribution in [0.25, 0.3) is 0 Å². The minimum atomic E-state index is -0.233. The van der Waals surface area contributed by atoms with Crippen LogP contribution in [0, 0.1) is 5.82 Å². The van der Waals surface area contributed by atoms with E-state index in [1.165, 1.54) is 25.0 Å². The van der Waals surface area contributed by atoms with Crippen LogP contribution in [-0.2, 0) is 11.2 Å². The van der Waals surface area contributed by atoms with Crippen molar-refractivity contribution in [3.05, 3.63) is 59.4 Å². The summed E-state index contributed by atoms with van der Waals surface area (Å²) in [5.41, 5.74) is 2.19. The number of aryl methyl sites for hydroxylation is 1. The van der Waals surface area contributed by atoms with Crippen LogP contribution in [0.4, 0.5) is 4.39 Å². The normalized spacial score (nSPS) is 16.7. The van der Waals surface area contributed by atoms with E-state index in [4.69, 9.17) is 9.47 Å². The van der Waals surface area contributed by atoms with Gasteiger partial charge in [-0.2, -0.15) is 0 Å². The van der Waals surface area contributed by atoms with Crippen molar-refractivity contribution in [3.63, 3.8) is 0 Å². The van der Waals surface area contributed by atoms with Crippen LogP contribution >= 0.6 is 0 Å². The van der Waals surface area contributed by atoms with Crippen molar-refractivity contribution in [2.75, 3.05) is 26.4 Å². The minimum Gasteiger partial charge on any atom is -0.454 e. The number of rotatable bonds is 8. The largest absolute Gasteiger partial charge is 0.454 e. The Balaban J connectivity index is 1.31. The monoisotopic (exact) mass is 398 g/mol. The Morgan fingerprint density at radius 2 is 1.83 bits per heavy atom. The van der Waals surface area contributed by atoms with Crippen LogP contribution in [0.2, 0.25) is 0 Å². The van der Waals surface area contributed by atoms with Crippen molar-refractivity contribution in [2.24, 2.45) is 0 Å². The smallest absolute Gasteiger partial charge is 0.231 e. The first-order chi connectivity index (χ1) is 14.2. The Morgan fingerprint density at radius 1 is 1.07 bits per heavy atom. The fourth-order valence-electron chi connectivity index (χ4n) is 4.03. The summed E-state index contributed by atoms with van der Waals surface area (Å²) in [6.07, 6.45) is 4.35. The maximum absolute atomic E-state index is 13.0. The second kappa shape index (κ2) is 9.27. The lowest BCUT2D eigenvalue weighted by Gasteiger charge is -2.28. The first-order valence-electron chi connectivity index (χ1n) is 10.3. The highest BCUT2D eigenvalue weighted by Gasteiger charge is 2.26. The third-order valence-corrected chi connectivity index (χ3v) is 5.64. The summed E-state index contributed by atoms with van der Waals surface area (Å²) in [5, 5.41) is 3.11. The molecule has 2 heterocycles. The number of ether oxygens (including phenoxy) is 2. The Labute approximate surface area is 170 Å². The molecule has 1 unspecified atom stereocenters. The van der Waals surface area contributed by atoms with Crippen molar-refractivity contribution < 1.29 is 18.7 Å². The number of likely N-dealkylation sites (tertiary alicyclic amines) is 1. The van der Waals surface area contributed by atoms with Gasteiger partial charge in [-0.3, -0.25) is 9.69 Å². The molecule has 2 aliphatic heterocycles. The van der Waals surface area contributed by atoms with Crippen molar-refractivity contribution in [1.82, 2.24) is 10.2 Å². The number of halogens is 1. The van der Waals surface area contributed by atoms with E-state index >= 15 is 0 Å². The molecule has 2 aromatic rings. The zero-order chi connectivity index (χ0) is 20.1. The van der Waals surface area contributed by atoms with Gasteiger partial charge in [0.1, 0.15) is 5.82 Å². The molecule has 154 valence electrons. The van der Waals surface area contributed by atoms with E-state index < -0.39 is 0 Å². The zero-order valence-electron chi connectivity index (χ0n) is 16.5. The van der Waals surface area contributed by atoms with Gasteiger partial charge in [-0.15, -0.1) is 0 Å². The number of nitrogens with zero attached hydrogens (tertiary/aromatic N) is 1. The van der Waals surface area contributed by atoms with Crippen LogP contribution in [-0.4, -0.2) is 37.2 Å². The highest BCUT2D eigenvalue weighted by atomic mass is 19.1. The summed E-state index contributed by atoms with van der Waals surface area (Å²) in [6.45, 7) is 2.92. The van der Waals surface area contributed by atoms with Crippen LogP contribution < -0.4 is 14.8 Å². The highest BCUT2D eigenvalue weighted by Crippen LogP contribution is 2.36. The number of carbonyl (C=O) groups is 1. The average molecular weight is 398 g/mol. The van der Waals surface area contributed by atoms with E-state index in [1.54, 1.807) is 12.1 Å². The lowest BCUT2D eigenvalue weighted by Crippen LogP contribution is -2.36. The lowest BCUT2D eigenvalue weighted by molar-refractivity contribution is -0.121. The molecule has 0 aromatic heterocycles. The summed E-state index contributed by atoms with van der Waals surface area (Å²) in [4.78, 5) is 14.8. The van der Waals surface area contributed by atoms with Crippen molar-refractivity contribution in [3.8, 4) is 11.5 Å². The second-order valence-corrected chi connectivity index (χ2v) is 7.66. The fourth-order valence-corrected chi connectivity index (χ4v) is 4.03. The zero-order valence-corrected chi connectivity index (χ0v) is 16.5. The van der Waals surface area contributed by atoms with E-state index in [0.29, 0.717) is 13.0 Å². The maximum Gasteiger partial charge on any atom is 0.231 e. The molecule has 4 rings (SSSR count). The van der Waals surface area contributed by atoms with Gasteiger partial charge in [-0.05, 0) is 74.2 Å². The molecule has 1 fully saturated rings. The minimum absolute atomic E-state index is 0.0528. The van der Waals surface area contributed by atoms with Crippen molar-refractivity contribution in [2.45, 2.75) is 38.1 Å². The van der Waals surface area contributed by atoms with Gasteiger partial charge in [0.15, 0.2) is 11.5 Å². The number of amides is 1. The van der Waals surface area contributed by atoms with Gasteiger partial charge >= 0.3 is 0 Å². The van der Waals surface area contributed by atoms with Gasteiger partial charge in [0.05, 0.1) is 6.04 Å². The van der Waals surface area contributed by atoms with Crippen LogP contribution in [0.3, 0.4) is 0 Å². The lowest BCUT2D eigenvalue weighted by atomic mass is 10.0. The third-order valence-electron chi connectivity index (χ3n) is 5.64. The molecule has 5 nitrogen and oxygen atoms in total. The molecule has 2 aliphatic rings. The van der Waals surface area contributed by atoms with Crippen molar-refractivity contribution >= 4 is 5.91 Å². The quantitative estimate of drug-likeness (QED) is 0.734. The number of nitrogens with one attached hydrogen (secondary N) is 1. The van der Waals surface area contributed by atoms with Crippen LogP contribution in [0.15, 0.2) is 42.5 Å². The molecule has 29 heavy (non-hydrogen) atoms. The molecule has 0 aliphatic carbocycles. The van der Waals surface area contributed by atoms with Gasteiger partial charge in [0.25, 0.3) is 0 Å². The van der Waals surface area contributed by atoms with E-state index in [9.17, 15) is 9.18 Å². The summed E-state index contributed by atoms with van der Waals surface area (Å²) in [7, 11) is 0. The van der Waals surface area contributed by atoms with Crippen molar-refractivity contribution in [1.29, 1.82) is 0 Å². The number of hydrogen-bond acceptors (Lipinski definition) is 4. The summed E-state index contributed by atoms with van der Waals surface area (Å²) in [5.74, 6) is 1.37. The summed E-state index contributed by atoms with van der Waals surface area (Å²) < 4.78 is 23.9. The molecular formula is C23H27FN2O3. The van der Waals surface area contributed by atoms with E-state index in [2.05, 4.69) is 16.3 Å². The Hall–Kier alpha value is -2.60. The molecule has 0 saturated carbocycles. The maximum atomic E-state index is 13.0. The predicted octanol–water partition coefficient (Wildman–Crippen LogP) is 3.83. The molecule has 1 amide bonds. The molecule has 1 N–H and O–H groups in total. The number of hydrogen-bond donors (Lipinski definition) is 1. The van der Waals surface area contributed by atoms with Gasteiger partial charge in [0.2, 0.25) is 12.7 Å². The first-order valence-corrected chi connectivity index (χ1v) is 10.3. The first kappa shape index (κ1) is 19.7. The van der Waals surface area contributed by atoms with Crippen LogP contribution in [0.5, 0.6) is 11.5 Å². The van der Waals surface area contributed by atoms with Gasteiger partial charge in [0, 0.05) is 13.0 Å². The third kappa shape index (κ3) is 5.07. The Bertz CT molecular complexity index is 835. The standard InChI is InChI=1S/C23H27FN2O3/c24-19-9-6-17(7-10-19)4-3-5-23(27)25-15-20(26-12-1-2-13-26)18-8-11-21-22(14-18)29-16-28-21/h6-11,14,20H,1-5,12-13,15-16H2,(H,25,27). The van der Waals surface area contributed by atoms with E-state index in [0.717, 1.165) is 48.6 Å². The Kier molecular flexibility index (Phi) is 6.30. The predicted molar refractivity (Wildman–Crippen MR) is 108 cm³/mol. The molecular weight excluding hydrogens is 371 g/mol. The van der Waals surface area contributed by atoms with E-state index in [-0.39, 0.29) is 24.6 Å². The van der Waals surface area contributed by atoms with E-state index in [1.807, 2.05) is 12.1 Å². The summed E-state index contributed by atoms with van der Waals surface area (Å²) in [6, 6.07) is 12.7. The SMILES string of the molecule is O=C(CCCc1ccc(F)cc1)NCC(c1ccc2c(c1)OCO2)N1CCCC1. The average Bonchev–Trinajstić information content (AvgIpc) is 3.41. The molecule has 0 bridgehead atoms. The topological polar surface area (TPSA) is 50.8 Å². The van der Waals surface area contributed by atoms with Crippen LogP contribution in [0.1, 0.15) is 42.9 Å². The van der Waals surface area contributed by atoms with Gasteiger partial charge in [-0.25, -0.2) is 4.39 Å². The number of carbonyl (C=O) groups excluding carboxylic acids is 1. The fraction of sp³-hybridized carbons (Fsp3) is 0.435. The number of benzene rings is 2. The molecule has 1 saturated heterocycles.